The van der Waals surface area contributed by atoms with E-state index >= 15 is 0 Å². The molecule has 0 aliphatic carbocycles. The summed E-state index contributed by atoms with van der Waals surface area (Å²) in [5.74, 6) is -0.471. The van der Waals surface area contributed by atoms with Gasteiger partial charge < -0.3 is 19.6 Å². The van der Waals surface area contributed by atoms with Gasteiger partial charge in [-0.3, -0.25) is 14.6 Å². The Labute approximate surface area is 185 Å². The van der Waals surface area contributed by atoms with Crippen LogP contribution in [-0.2, 0) is 23.5 Å². The molecule has 0 aromatic carbocycles. The maximum atomic E-state index is 11.6. The van der Waals surface area contributed by atoms with Gasteiger partial charge in [0.1, 0.15) is 18.8 Å². The van der Waals surface area contributed by atoms with Gasteiger partial charge >= 0.3 is 13.8 Å². The van der Waals surface area contributed by atoms with Crippen LogP contribution in [0.5, 0.6) is 0 Å². The minimum absolute atomic E-state index is 0.215. The number of hydrogen-bond donors (Lipinski definition) is 4. The molecule has 2 atom stereocenters. The van der Waals surface area contributed by atoms with Crippen molar-refractivity contribution in [3.8, 4) is 0 Å². The molecule has 0 aromatic rings. The fraction of sp³-hybridized carbons (Fsp3) is 0.762. The molecule has 0 bridgehead atoms. The summed E-state index contributed by atoms with van der Waals surface area (Å²) in [6.07, 6.45) is 16.2. The number of carbonyl (C=O) groups excluding carboxylic acids is 1. The highest BCUT2D eigenvalue weighted by atomic mass is 31.2. The van der Waals surface area contributed by atoms with E-state index in [1.807, 2.05) is 18.2 Å². The third-order valence-electron chi connectivity index (χ3n) is 4.37. The minimum Gasteiger partial charge on any atom is -0.463 e. The molecular weight excluding hydrogens is 427 g/mol. The van der Waals surface area contributed by atoms with Crippen molar-refractivity contribution < 1.29 is 43.7 Å². The van der Waals surface area contributed by atoms with Crippen LogP contribution in [-0.4, -0.2) is 51.5 Å². The predicted octanol–water partition coefficient (Wildman–Crippen LogP) is 4.28. The Morgan fingerprint density at radius 2 is 1.65 bits per heavy atom. The van der Waals surface area contributed by atoms with Gasteiger partial charge in [0.15, 0.2) is 0 Å². The Morgan fingerprint density at radius 1 is 0.968 bits per heavy atom. The molecule has 4 N–H and O–H groups in total. The Morgan fingerprint density at radius 3 is 2.32 bits per heavy atom. The number of aliphatic hydroxyl groups is 1. The minimum atomic E-state index is -4.65. The van der Waals surface area contributed by atoms with Gasteiger partial charge in [-0.05, 0) is 38.5 Å². The Bertz CT molecular complexity index is 545. The van der Waals surface area contributed by atoms with Crippen LogP contribution in [0, 0.1) is 0 Å². The van der Waals surface area contributed by atoms with Crippen LogP contribution in [0.25, 0.3) is 0 Å². The fourth-order valence-corrected chi connectivity index (χ4v) is 3.01. The van der Waals surface area contributed by atoms with Crippen molar-refractivity contribution in [3.63, 3.8) is 0 Å². The number of phosphoric ester groups is 1. The van der Waals surface area contributed by atoms with Crippen LogP contribution in [0.2, 0.25) is 0 Å². The normalized spacial score (nSPS) is 14.4. The molecule has 182 valence electrons. The second kappa shape index (κ2) is 19.6. The molecular formula is C21H39O9P. The van der Waals surface area contributed by atoms with Gasteiger partial charge in [0.05, 0.1) is 6.61 Å². The molecule has 0 fully saturated rings. The first-order valence-corrected chi connectivity index (χ1v) is 12.5. The summed E-state index contributed by atoms with van der Waals surface area (Å²) in [6.45, 7) is 1.19. The van der Waals surface area contributed by atoms with Crippen molar-refractivity contribution in [1.29, 1.82) is 0 Å². The third kappa shape index (κ3) is 21.9. The summed E-state index contributed by atoms with van der Waals surface area (Å²) < 4.78 is 19.5. The molecule has 0 aliphatic heterocycles. The summed E-state index contributed by atoms with van der Waals surface area (Å²) in [4.78, 5) is 33.1. The molecule has 0 saturated heterocycles. The topological polar surface area (TPSA) is 143 Å². The molecule has 0 aromatic heterocycles. The fourth-order valence-electron chi connectivity index (χ4n) is 2.64. The number of unbranched alkanes of at least 4 members (excludes halogenated alkanes) is 7. The third-order valence-corrected chi connectivity index (χ3v) is 4.85. The molecule has 10 heteroatoms. The van der Waals surface area contributed by atoms with Crippen LogP contribution >= 0.6 is 7.82 Å². The van der Waals surface area contributed by atoms with Gasteiger partial charge in [0, 0.05) is 6.42 Å². The van der Waals surface area contributed by atoms with E-state index in [1.165, 1.54) is 19.3 Å². The van der Waals surface area contributed by atoms with Crippen LogP contribution in [0.1, 0.15) is 77.6 Å². The van der Waals surface area contributed by atoms with Crippen LogP contribution in [0.15, 0.2) is 24.3 Å². The number of carbonyl (C=O) groups is 1. The highest BCUT2D eigenvalue weighted by Gasteiger charge is 2.17. The van der Waals surface area contributed by atoms with Crippen molar-refractivity contribution in [2.45, 2.75) is 89.8 Å². The van der Waals surface area contributed by atoms with Crippen molar-refractivity contribution in [3.05, 3.63) is 24.3 Å². The Hall–Kier alpha value is -1.06. The summed E-state index contributed by atoms with van der Waals surface area (Å²) in [5, 5.41) is 18.4. The first-order valence-electron chi connectivity index (χ1n) is 10.9. The van der Waals surface area contributed by atoms with Crippen molar-refractivity contribution in [2.75, 3.05) is 13.2 Å². The molecule has 2 unspecified atom stereocenters. The number of hydrogen-bond acceptors (Lipinski definition) is 7. The van der Waals surface area contributed by atoms with E-state index in [1.54, 1.807) is 0 Å². The quantitative estimate of drug-likeness (QED) is 0.0516. The largest absolute Gasteiger partial charge is 0.469 e. The second-order valence-electron chi connectivity index (χ2n) is 7.35. The average Bonchev–Trinajstić information content (AvgIpc) is 2.72. The van der Waals surface area contributed by atoms with Gasteiger partial charge in [-0.1, -0.05) is 56.9 Å². The zero-order chi connectivity index (χ0) is 23.4. The molecule has 0 heterocycles. The van der Waals surface area contributed by atoms with E-state index < -0.39 is 26.5 Å². The summed E-state index contributed by atoms with van der Waals surface area (Å²) >= 11 is 0. The average molecular weight is 467 g/mol. The lowest BCUT2D eigenvalue weighted by atomic mass is 10.1. The summed E-state index contributed by atoms with van der Waals surface area (Å²) in [6, 6.07) is 0. The second-order valence-corrected chi connectivity index (χ2v) is 8.59. The maximum absolute atomic E-state index is 11.6. The molecule has 0 aliphatic rings. The maximum Gasteiger partial charge on any atom is 0.469 e. The zero-order valence-corrected chi connectivity index (χ0v) is 19.3. The van der Waals surface area contributed by atoms with Crippen LogP contribution in [0.3, 0.4) is 0 Å². The number of ether oxygens (including phenoxy) is 1. The zero-order valence-electron chi connectivity index (χ0n) is 18.4. The lowest BCUT2D eigenvalue weighted by Gasteiger charge is -2.12. The number of esters is 1. The molecule has 0 radical (unpaired) electrons. The SMILES string of the molecule is CCCCCC=CCC(C=CCCCCCCC(=O)OCC(O)COP(=O)(O)O)OO. The first-order chi connectivity index (χ1) is 14.8. The Balaban J connectivity index is 3.69. The molecule has 0 rings (SSSR count). The van der Waals surface area contributed by atoms with Crippen LogP contribution in [0.4, 0.5) is 0 Å². The molecule has 0 spiro atoms. The standard InChI is InChI=1S/C21H39O9P/c1-2-3-4-5-8-11-14-20(30-24)15-12-9-6-7-10-13-16-21(23)28-17-19(22)18-29-31(25,26)27/h8,11-12,15,19-20,22,24H,2-7,9-10,13-14,16-18H2,1H3,(H2,25,26,27). The molecule has 9 nitrogen and oxygen atoms in total. The predicted molar refractivity (Wildman–Crippen MR) is 117 cm³/mol. The van der Waals surface area contributed by atoms with Gasteiger partial charge in [-0.2, -0.15) is 0 Å². The highest BCUT2D eigenvalue weighted by Crippen LogP contribution is 2.35. The Kier molecular flexibility index (Phi) is 18.9. The summed E-state index contributed by atoms with van der Waals surface area (Å²) in [5.41, 5.74) is 0. The van der Waals surface area contributed by atoms with E-state index in [0.717, 1.165) is 32.1 Å². The van der Waals surface area contributed by atoms with Gasteiger partial charge in [-0.15, -0.1) is 0 Å². The smallest absolute Gasteiger partial charge is 0.463 e. The lowest BCUT2D eigenvalue weighted by Crippen LogP contribution is -2.23. The van der Waals surface area contributed by atoms with Gasteiger partial charge in [0.2, 0.25) is 0 Å². The van der Waals surface area contributed by atoms with Gasteiger partial charge in [0.25, 0.3) is 0 Å². The van der Waals surface area contributed by atoms with E-state index in [4.69, 9.17) is 19.8 Å². The van der Waals surface area contributed by atoms with E-state index in [-0.39, 0.29) is 19.1 Å². The molecule has 31 heavy (non-hydrogen) atoms. The summed E-state index contributed by atoms with van der Waals surface area (Å²) in [7, 11) is -4.65. The lowest BCUT2D eigenvalue weighted by molar-refractivity contribution is -0.264. The highest BCUT2D eigenvalue weighted by molar-refractivity contribution is 7.46. The first kappa shape index (κ1) is 29.9. The number of rotatable bonds is 20. The van der Waals surface area contributed by atoms with Crippen molar-refractivity contribution in [2.24, 2.45) is 0 Å². The van der Waals surface area contributed by atoms with E-state index in [2.05, 4.69) is 22.4 Å². The van der Waals surface area contributed by atoms with E-state index in [0.29, 0.717) is 12.8 Å². The van der Waals surface area contributed by atoms with Gasteiger partial charge in [-0.25, -0.2) is 9.45 Å². The van der Waals surface area contributed by atoms with Crippen molar-refractivity contribution in [1.82, 2.24) is 0 Å². The monoisotopic (exact) mass is 466 g/mol. The molecule has 0 saturated carbocycles. The van der Waals surface area contributed by atoms with E-state index in [9.17, 15) is 14.5 Å². The number of phosphoric acid groups is 1. The van der Waals surface area contributed by atoms with Crippen LogP contribution < -0.4 is 0 Å². The molecule has 0 amide bonds. The number of aliphatic hydroxyl groups excluding tert-OH is 1. The number of allylic oxidation sites excluding steroid dienone is 2. The van der Waals surface area contributed by atoms with Crippen molar-refractivity contribution >= 4 is 13.8 Å².